The number of carbonyl (C=O) groups excluding carboxylic acids is 2. The summed E-state index contributed by atoms with van der Waals surface area (Å²) in [5.41, 5.74) is 1.63. The van der Waals surface area contributed by atoms with Crippen LogP contribution in [0, 0.1) is 10.1 Å². The Morgan fingerprint density at radius 3 is 2.23 bits per heavy atom. The zero-order valence-electron chi connectivity index (χ0n) is 14.0. The molecule has 0 saturated heterocycles. The number of hydrogen-bond acceptors (Lipinski definition) is 5. The molecule has 3 rings (SSSR count). The maximum Gasteiger partial charge on any atom is 0.269 e. The first-order chi connectivity index (χ1) is 12.5. The minimum atomic E-state index is -0.497. The Kier molecular flexibility index (Phi) is 5.18. The SMILES string of the molecule is CCSC1=C(c2ccc([N+](=O)[O-])cc2)C(=O)N(Cc2ccccc2)C1=O. The largest absolute Gasteiger partial charge is 0.269 e. The Balaban J connectivity index is 1.96. The molecule has 0 unspecified atom stereocenters. The van der Waals surface area contributed by atoms with Crippen LogP contribution in [-0.4, -0.2) is 27.4 Å². The second-order valence-corrected chi connectivity index (χ2v) is 6.90. The number of nitro groups is 1. The molecule has 26 heavy (non-hydrogen) atoms. The normalized spacial score (nSPS) is 14.3. The number of thioether (sulfide) groups is 1. The van der Waals surface area contributed by atoms with E-state index in [1.54, 1.807) is 0 Å². The smallest absolute Gasteiger partial charge is 0.269 e. The number of nitrogens with zero attached hydrogens (tertiary/aromatic N) is 2. The van der Waals surface area contributed by atoms with E-state index in [9.17, 15) is 19.7 Å². The van der Waals surface area contributed by atoms with Crippen LogP contribution < -0.4 is 0 Å². The fraction of sp³-hybridized carbons (Fsp3) is 0.158. The van der Waals surface area contributed by atoms with Gasteiger partial charge in [-0.15, -0.1) is 11.8 Å². The monoisotopic (exact) mass is 368 g/mol. The Morgan fingerprint density at radius 1 is 1.00 bits per heavy atom. The van der Waals surface area contributed by atoms with Gasteiger partial charge in [0.25, 0.3) is 17.5 Å². The van der Waals surface area contributed by atoms with Crippen molar-refractivity contribution < 1.29 is 14.5 Å². The van der Waals surface area contributed by atoms with E-state index in [4.69, 9.17) is 0 Å². The lowest BCUT2D eigenvalue weighted by molar-refractivity contribution is -0.384. The van der Waals surface area contributed by atoms with Crippen LogP contribution in [0.3, 0.4) is 0 Å². The minimum Gasteiger partial charge on any atom is -0.269 e. The van der Waals surface area contributed by atoms with Gasteiger partial charge in [-0.25, -0.2) is 0 Å². The lowest BCUT2D eigenvalue weighted by atomic mass is 10.1. The van der Waals surface area contributed by atoms with Crippen LogP contribution in [0.5, 0.6) is 0 Å². The summed E-state index contributed by atoms with van der Waals surface area (Å²) in [7, 11) is 0. The van der Waals surface area contributed by atoms with Crippen molar-refractivity contribution in [3.05, 3.63) is 80.7 Å². The number of amides is 2. The molecule has 0 spiro atoms. The summed E-state index contributed by atoms with van der Waals surface area (Å²) in [6.07, 6.45) is 0. The van der Waals surface area contributed by atoms with Gasteiger partial charge >= 0.3 is 0 Å². The number of nitro benzene ring substituents is 1. The van der Waals surface area contributed by atoms with Crippen LogP contribution in [0.25, 0.3) is 5.57 Å². The summed E-state index contributed by atoms with van der Waals surface area (Å²) in [5.74, 6) is -0.0491. The predicted octanol–water partition coefficient (Wildman–Crippen LogP) is 3.63. The second kappa shape index (κ2) is 7.53. The number of rotatable bonds is 6. The highest BCUT2D eigenvalue weighted by atomic mass is 32.2. The van der Waals surface area contributed by atoms with Crippen LogP contribution in [0.4, 0.5) is 5.69 Å². The van der Waals surface area contributed by atoms with E-state index < -0.39 is 4.92 Å². The van der Waals surface area contributed by atoms with Gasteiger partial charge in [0.15, 0.2) is 0 Å². The first-order valence-electron chi connectivity index (χ1n) is 8.05. The zero-order chi connectivity index (χ0) is 18.7. The summed E-state index contributed by atoms with van der Waals surface area (Å²) in [6, 6.07) is 15.0. The molecule has 0 aliphatic carbocycles. The van der Waals surface area contributed by atoms with Gasteiger partial charge in [0.2, 0.25) is 0 Å². The molecule has 0 bridgehead atoms. The van der Waals surface area contributed by atoms with Gasteiger partial charge in [-0.2, -0.15) is 0 Å². The average molecular weight is 368 g/mol. The summed E-state index contributed by atoms with van der Waals surface area (Å²) in [5, 5.41) is 10.8. The van der Waals surface area contributed by atoms with Gasteiger partial charge < -0.3 is 0 Å². The third-order valence-electron chi connectivity index (χ3n) is 3.96. The molecule has 7 heteroatoms. The van der Waals surface area contributed by atoms with E-state index in [2.05, 4.69) is 0 Å². The molecule has 0 radical (unpaired) electrons. The third kappa shape index (κ3) is 3.39. The van der Waals surface area contributed by atoms with E-state index in [1.807, 2.05) is 37.3 Å². The first kappa shape index (κ1) is 17.9. The third-order valence-corrected chi connectivity index (χ3v) is 4.92. The summed E-state index contributed by atoms with van der Waals surface area (Å²) < 4.78 is 0. The fourth-order valence-corrected chi connectivity index (χ4v) is 3.62. The topological polar surface area (TPSA) is 80.5 Å². The number of imide groups is 1. The van der Waals surface area contributed by atoms with Crippen LogP contribution in [0.15, 0.2) is 59.5 Å². The zero-order valence-corrected chi connectivity index (χ0v) is 14.9. The van der Waals surface area contributed by atoms with Crippen molar-refractivity contribution in [3.8, 4) is 0 Å². The molecule has 6 nitrogen and oxygen atoms in total. The molecular weight excluding hydrogens is 352 g/mol. The van der Waals surface area contributed by atoms with Gasteiger partial charge in [0.1, 0.15) is 0 Å². The van der Waals surface area contributed by atoms with Crippen molar-refractivity contribution in [2.45, 2.75) is 13.5 Å². The van der Waals surface area contributed by atoms with Crippen LogP contribution >= 0.6 is 11.8 Å². The Labute approximate surface area is 154 Å². The van der Waals surface area contributed by atoms with E-state index in [0.29, 0.717) is 21.8 Å². The van der Waals surface area contributed by atoms with Crippen LogP contribution in [0.1, 0.15) is 18.1 Å². The highest BCUT2D eigenvalue weighted by molar-refractivity contribution is 8.04. The highest BCUT2D eigenvalue weighted by Gasteiger charge is 2.38. The lowest BCUT2D eigenvalue weighted by Crippen LogP contribution is -2.30. The molecule has 0 fully saturated rings. The van der Waals surface area contributed by atoms with E-state index >= 15 is 0 Å². The maximum atomic E-state index is 12.9. The Morgan fingerprint density at radius 2 is 1.65 bits per heavy atom. The van der Waals surface area contributed by atoms with Gasteiger partial charge in [-0.1, -0.05) is 37.3 Å². The van der Waals surface area contributed by atoms with Crippen molar-refractivity contribution >= 4 is 34.8 Å². The standard InChI is InChI=1S/C19H16N2O4S/c1-2-26-17-16(14-8-10-15(11-9-14)21(24)25)18(22)20(19(17)23)12-13-6-4-3-5-7-13/h3-11H,2,12H2,1H3. The average Bonchev–Trinajstić information content (AvgIpc) is 2.87. The summed E-state index contributed by atoms with van der Waals surface area (Å²) in [6.45, 7) is 2.10. The molecule has 132 valence electrons. The Bertz CT molecular complexity index is 892. The second-order valence-electron chi connectivity index (χ2n) is 5.62. The first-order valence-corrected chi connectivity index (χ1v) is 9.03. The van der Waals surface area contributed by atoms with E-state index in [0.717, 1.165) is 5.56 Å². The highest BCUT2D eigenvalue weighted by Crippen LogP contribution is 2.37. The molecule has 0 atom stereocenters. The number of non-ortho nitro benzene ring substituents is 1. The van der Waals surface area contributed by atoms with Crippen LogP contribution in [0.2, 0.25) is 0 Å². The van der Waals surface area contributed by atoms with Gasteiger partial charge in [0.05, 0.1) is 21.9 Å². The molecule has 2 aromatic carbocycles. The molecule has 0 saturated carbocycles. The van der Waals surface area contributed by atoms with Crippen molar-refractivity contribution in [2.24, 2.45) is 0 Å². The molecule has 1 aliphatic rings. The van der Waals surface area contributed by atoms with Crippen molar-refractivity contribution in [1.82, 2.24) is 4.90 Å². The number of benzene rings is 2. The number of carbonyl (C=O) groups is 2. The predicted molar refractivity (Wildman–Crippen MR) is 100 cm³/mol. The number of hydrogen-bond donors (Lipinski definition) is 0. The molecule has 2 aromatic rings. The molecule has 2 amide bonds. The quantitative estimate of drug-likeness (QED) is 0.442. The van der Waals surface area contributed by atoms with Gasteiger partial charge in [-0.05, 0) is 29.0 Å². The van der Waals surface area contributed by atoms with E-state index in [1.165, 1.54) is 40.9 Å². The fourth-order valence-electron chi connectivity index (χ4n) is 2.75. The lowest BCUT2D eigenvalue weighted by Gasteiger charge is -2.15. The van der Waals surface area contributed by atoms with Crippen molar-refractivity contribution in [3.63, 3.8) is 0 Å². The summed E-state index contributed by atoms with van der Waals surface area (Å²) >= 11 is 1.31. The van der Waals surface area contributed by atoms with Crippen molar-refractivity contribution in [2.75, 3.05) is 5.75 Å². The van der Waals surface area contributed by atoms with Gasteiger partial charge in [0, 0.05) is 12.1 Å². The van der Waals surface area contributed by atoms with E-state index in [-0.39, 0.29) is 24.0 Å². The molecule has 0 N–H and O–H groups in total. The molecular formula is C19H16N2O4S. The molecule has 1 aliphatic heterocycles. The Hall–Kier alpha value is -2.93. The molecule has 1 heterocycles. The minimum absolute atomic E-state index is 0.0584. The maximum absolute atomic E-state index is 12.9. The molecule has 0 aromatic heterocycles. The van der Waals surface area contributed by atoms with Crippen molar-refractivity contribution in [1.29, 1.82) is 0 Å². The summed E-state index contributed by atoms with van der Waals surface area (Å²) in [4.78, 5) is 37.7. The van der Waals surface area contributed by atoms with Gasteiger partial charge in [-0.3, -0.25) is 24.6 Å². The van der Waals surface area contributed by atoms with Crippen LogP contribution in [-0.2, 0) is 16.1 Å².